The fourth-order valence-electron chi connectivity index (χ4n) is 3.81. The average Bonchev–Trinajstić information content (AvgIpc) is 3.24. The number of fused-ring (bicyclic) bond motifs is 1. The maximum atomic E-state index is 13.1. The van der Waals surface area contributed by atoms with E-state index in [0.717, 1.165) is 27.9 Å². The van der Waals surface area contributed by atoms with Crippen molar-refractivity contribution in [2.45, 2.75) is 38.9 Å². The Morgan fingerprint density at radius 2 is 1.82 bits per heavy atom. The van der Waals surface area contributed by atoms with E-state index in [1.54, 1.807) is 4.57 Å². The molecule has 2 aromatic carbocycles. The molecule has 0 bridgehead atoms. The maximum Gasteiger partial charge on any atom is 0.272 e. The lowest BCUT2D eigenvalue weighted by molar-refractivity contribution is -0.113. The molecule has 5 nitrogen and oxygen atoms in total. The lowest BCUT2D eigenvalue weighted by Crippen LogP contribution is -2.24. The molecule has 0 unspecified atom stereocenters. The summed E-state index contributed by atoms with van der Waals surface area (Å²) < 4.78 is 2.30. The molecule has 0 aliphatic rings. The maximum absolute atomic E-state index is 13.1. The predicted molar refractivity (Wildman–Crippen MR) is 139 cm³/mol. The number of carbonyl (C=O) groups is 1. The van der Waals surface area contributed by atoms with Gasteiger partial charge in [-0.05, 0) is 67.5 Å². The van der Waals surface area contributed by atoms with E-state index in [9.17, 15) is 9.59 Å². The lowest BCUT2D eigenvalue weighted by atomic mass is 10.1. The molecule has 2 aromatic heterocycles. The Morgan fingerprint density at radius 1 is 1.12 bits per heavy atom. The van der Waals surface area contributed by atoms with Crippen LogP contribution in [0.3, 0.4) is 0 Å². The molecule has 0 aliphatic carbocycles. The number of thioether (sulfide) groups is 1. The molecule has 0 fully saturated rings. The Morgan fingerprint density at radius 3 is 2.52 bits per heavy atom. The minimum Gasteiger partial charge on any atom is -0.325 e. The van der Waals surface area contributed by atoms with Crippen LogP contribution >= 0.6 is 34.7 Å². The molecule has 2 heterocycles. The molecule has 0 saturated heterocycles. The smallest absolute Gasteiger partial charge is 0.272 e. The van der Waals surface area contributed by atoms with Crippen LogP contribution in [0.2, 0.25) is 5.02 Å². The van der Waals surface area contributed by atoms with Crippen LogP contribution in [0.25, 0.3) is 10.2 Å². The summed E-state index contributed by atoms with van der Waals surface area (Å²) in [5.41, 5.74) is 5.74. The van der Waals surface area contributed by atoms with Gasteiger partial charge in [-0.25, -0.2) is 4.98 Å². The van der Waals surface area contributed by atoms with Gasteiger partial charge >= 0.3 is 0 Å². The minimum atomic E-state index is -0.126. The Kier molecular flexibility index (Phi) is 7.22. The Labute approximate surface area is 205 Å². The first kappa shape index (κ1) is 23.5. The van der Waals surface area contributed by atoms with Gasteiger partial charge in [0.2, 0.25) is 5.91 Å². The van der Waals surface area contributed by atoms with E-state index >= 15 is 0 Å². The topological polar surface area (TPSA) is 64.0 Å². The van der Waals surface area contributed by atoms with E-state index in [1.165, 1.54) is 23.1 Å². The Hall–Kier alpha value is -2.61. The molecular formula is C25H24ClN3O2S2. The number of thiophene rings is 1. The quantitative estimate of drug-likeness (QED) is 0.251. The number of nitrogens with zero attached hydrogens (tertiary/aromatic N) is 2. The highest BCUT2D eigenvalue weighted by Crippen LogP contribution is 2.24. The van der Waals surface area contributed by atoms with Gasteiger partial charge in [0, 0.05) is 17.3 Å². The van der Waals surface area contributed by atoms with Gasteiger partial charge < -0.3 is 5.32 Å². The molecule has 8 heteroatoms. The van der Waals surface area contributed by atoms with Crippen molar-refractivity contribution in [2.75, 3.05) is 11.1 Å². The van der Waals surface area contributed by atoms with E-state index < -0.39 is 0 Å². The van der Waals surface area contributed by atoms with Gasteiger partial charge in [-0.1, -0.05) is 53.2 Å². The third-order valence-electron chi connectivity index (χ3n) is 5.34. The molecule has 0 spiro atoms. The zero-order valence-corrected chi connectivity index (χ0v) is 21.0. The zero-order valence-electron chi connectivity index (χ0n) is 18.6. The number of hydrogen-bond donors (Lipinski definition) is 1. The normalized spacial score (nSPS) is 11.2. The largest absolute Gasteiger partial charge is 0.325 e. The molecule has 0 aliphatic heterocycles. The molecule has 0 radical (unpaired) electrons. The third kappa shape index (κ3) is 5.49. The average molecular weight is 498 g/mol. The molecule has 170 valence electrons. The third-order valence-corrected chi connectivity index (χ3v) is 7.46. The second-order valence-corrected chi connectivity index (χ2v) is 10.3. The van der Waals surface area contributed by atoms with Crippen LogP contribution in [0, 0.1) is 20.8 Å². The summed E-state index contributed by atoms with van der Waals surface area (Å²) in [4.78, 5) is 30.6. The number of amides is 1. The van der Waals surface area contributed by atoms with Crippen LogP contribution in [0.15, 0.2) is 57.8 Å². The van der Waals surface area contributed by atoms with Crippen LogP contribution in [0.1, 0.15) is 22.3 Å². The van der Waals surface area contributed by atoms with Crippen LogP contribution in [-0.4, -0.2) is 21.2 Å². The van der Waals surface area contributed by atoms with Crippen molar-refractivity contribution in [1.82, 2.24) is 9.55 Å². The Balaban J connectivity index is 1.54. The summed E-state index contributed by atoms with van der Waals surface area (Å²) in [6.07, 6.45) is 0.664. The summed E-state index contributed by atoms with van der Waals surface area (Å²) in [7, 11) is 0. The van der Waals surface area contributed by atoms with Gasteiger partial charge in [0.25, 0.3) is 5.56 Å². The first-order valence-electron chi connectivity index (χ1n) is 10.5. The number of anilines is 1. The standard InChI is InChI=1S/C25H24ClN3O2S2/c1-15-12-16(2)22(17(3)13-15)28-21(30)14-33-25-27-20-9-11-32-23(20)24(31)29(25)10-8-18-4-6-19(26)7-5-18/h4-7,9,11-13H,8,10,14H2,1-3H3,(H,28,30). The number of aryl methyl sites for hydroxylation is 4. The van der Waals surface area contributed by atoms with Crippen LogP contribution < -0.4 is 10.9 Å². The highest BCUT2D eigenvalue weighted by Gasteiger charge is 2.15. The summed E-state index contributed by atoms with van der Waals surface area (Å²) >= 11 is 8.65. The van der Waals surface area contributed by atoms with Crippen molar-refractivity contribution in [1.29, 1.82) is 0 Å². The number of halogens is 1. The van der Waals surface area contributed by atoms with Gasteiger partial charge in [0.05, 0.1) is 11.3 Å². The van der Waals surface area contributed by atoms with E-state index in [2.05, 4.69) is 22.4 Å². The van der Waals surface area contributed by atoms with Gasteiger partial charge in [-0.15, -0.1) is 11.3 Å². The number of rotatable bonds is 7. The number of nitrogens with one attached hydrogen (secondary N) is 1. The van der Waals surface area contributed by atoms with Crippen molar-refractivity contribution >= 4 is 56.5 Å². The second-order valence-electron chi connectivity index (χ2n) is 7.97. The first-order chi connectivity index (χ1) is 15.8. The fourth-order valence-corrected chi connectivity index (χ4v) is 5.54. The summed E-state index contributed by atoms with van der Waals surface area (Å²) in [6.45, 7) is 6.49. The van der Waals surface area contributed by atoms with E-state index in [1.807, 2.05) is 56.5 Å². The van der Waals surface area contributed by atoms with Gasteiger partial charge in [0.15, 0.2) is 5.16 Å². The van der Waals surface area contributed by atoms with Crippen molar-refractivity contribution in [3.05, 3.63) is 85.5 Å². The van der Waals surface area contributed by atoms with Gasteiger partial charge in [0.1, 0.15) is 4.70 Å². The zero-order chi connectivity index (χ0) is 23.5. The highest BCUT2D eigenvalue weighted by molar-refractivity contribution is 7.99. The lowest BCUT2D eigenvalue weighted by Gasteiger charge is -2.14. The molecule has 33 heavy (non-hydrogen) atoms. The first-order valence-corrected chi connectivity index (χ1v) is 12.8. The Bertz CT molecular complexity index is 1350. The van der Waals surface area contributed by atoms with E-state index in [4.69, 9.17) is 11.6 Å². The molecule has 1 amide bonds. The number of carbonyl (C=O) groups excluding carboxylic acids is 1. The van der Waals surface area contributed by atoms with E-state index in [0.29, 0.717) is 33.4 Å². The molecule has 0 saturated carbocycles. The molecule has 0 atom stereocenters. The number of hydrogen-bond acceptors (Lipinski definition) is 5. The van der Waals surface area contributed by atoms with Gasteiger partial charge in [-0.2, -0.15) is 0 Å². The van der Waals surface area contributed by atoms with Crippen LogP contribution in [-0.2, 0) is 17.8 Å². The summed E-state index contributed by atoms with van der Waals surface area (Å²) in [6, 6.07) is 13.5. The predicted octanol–water partition coefficient (Wildman–Crippen LogP) is 6.01. The SMILES string of the molecule is Cc1cc(C)c(NC(=O)CSc2nc3ccsc3c(=O)n2CCc2ccc(Cl)cc2)c(C)c1. The van der Waals surface area contributed by atoms with Crippen LogP contribution in [0.5, 0.6) is 0 Å². The molecular weight excluding hydrogens is 474 g/mol. The molecule has 4 rings (SSSR count). The summed E-state index contributed by atoms with van der Waals surface area (Å²) in [5.74, 6) is 0.0365. The van der Waals surface area contributed by atoms with Crippen molar-refractivity contribution in [3.63, 3.8) is 0 Å². The van der Waals surface area contributed by atoms with Crippen molar-refractivity contribution in [3.8, 4) is 0 Å². The summed E-state index contributed by atoms with van der Waals surface area (Å²) in [5, 5.41) is 6.12. The van der Waals surface area contributed by atoms with E-state index in [-0.39, 0.29) is 17.2 Å². The van der Waals surface area contributed by atoms with Crippen molar-refractivity contribution in [2.24, 2.45) is 0 Å². The molecule has 4 aromatic rings. The number of aromatic nitrogens is 2. The second kappa shape index (κ2) is 10.1. The fraction of sp³-hybridized carbons (Fsp3) is 0.240. The van der Waals surface area contributed by atoms with Gasteiger partial charge in [-0.3, -0.25) is 14.2 Å². The highest BCUT2D eigenvalue weighted by atomic mass is 35.5. The monoisotopic (exact) mass is 497 g/mol. The minimum absolute atomic E-state index is 0.0721. The van der Waals surface area contributed by atoms with Crippen molar-refractivity contribution < 1.29 is 4.79 Å². The van der Waals surface area contributed by atoms with Crippen LogP contribution in [0.4, 0.5) is 5.69 Å². The molecule has 1 N–H and O–H groups in total. The number of benzene rings is 2.